The molecule has 3 heterocycles. The number of hydrogen-bond acceptors (Lipinski definition) is 6. The lowest BCUT2D eigenvalue weighted by Crippen LogP contribution is -2.25. The van der Waals surface area contributed by atoms with Crippen LogP contribution in [0.2, 0.25) is 0 Å². The smallest absolute Gasteiger partial charge is 0.226 e. The number of fused-ring (bicyclic) bond motifs is 1. The molecule has 1 aliphatic heterocycles. The van der Waals surface area contributed by atoms with Gasteiger partial charge in [0.15, 0.2) is 22.3 Å². The molecule has 1 aromatic carbocycles. The van der Waals surface area contributed by atoms with Crippen LogP contribution in [-0.4, -0.2) is 24.1 Å². The Hall–Kier alpha value is -2.80. The molecule has 4 rings (SSSR count). The Morgan fingerprint density at radius 2 is 2.12 bits per heavy atom. The third-order valence-corrected chi connectivity index (χ3v) is 4.65. The van der Waals surface area contributed by atoms with Crippen molar-refractivity contribution >= 4 is 17.2 Å². The van der Waals surface area contributed by atoms with Gasteiger partial charge in [-0.25, -0.2) is 4.98 Å². The van der Waals surface area contributed by atoms with Gasteiger partial charge in [-0.1, -0.05) is 12.1 Å². The van der Waals surface area contributed by atoms with Crippen molar-refractivity contribution in [2.75, 3.05) is 13.2 Å². The van der Waals surface area contributed by atoms with Gasteiger partial charge in [0.25, 0.3) is 0 Å². The maximum Gasteiger partial charge on any atom is 0.226 e. The van der Waals surface area contributed by atoms with Crippen LogP contribution in [0.1, 0.15) is 11.3 Å². The Morgan fingerprint density at radius 1 is 1.20 bits per heavy atom. The summed E-state index contributed by atoms with van der Waals surface area (Å²) in [5, 5.41) is 5.56. The van der Waals surface area contributed by atoms with Crippen molar-refractivity contribution in [1.82, 2.24) is 10.3 Å². The molecule has 1 aliphatic rings. The van der Waals surface area contributed by atoms with Crippen LogP contribution in [0.25, 0.3) is 10.8 Å². The summed E-state index contributed by atoms with van der Waals surface area (Å²) in [6, 6.07) is 9.35. The summed E-state index contributed by atoms with van der Waals surface area (Å²) in [5.41, 5.74) is 1.63. The predicted molar refractivity (Wildman–Crippen MR) is 92.8 cm³/mol. The van der Waals surface area contributed by atoms with E-state index in [2.05, 4.69) is 10.3 Å². The second kappa shape index (κ2) is 6.98. The highest BCUT2D eigenvalue weighted by molar-refractivity contribution is 7.13. The van der Waals surface area contributed by atoms with Crippen LogP contribution in [0.15, 0.2) is 46.4 Å². The van der Waals surface area contributed by atoms with E-state index in [1.54, 1.807) is 6.26 Å². The fraction of sp³-hybridized carbons (Fsp3) is 0.222. The SMILES string of the molecule is O=C(Cc1csc(-c2ccco2)n1)NCc1cccc2c1OCCO2. The second-order valence-electron chi connectivity index (χ2n) is 5.52. The molecule has 6 nitrogen and oxygen atoms in total. The van der Waals surface area contributed by atoms with Crippen molar-refractivity contribution < 1.29 is 18.7 Å². The third-order valence-electron chi connectivity index (χ3n) is 3.75. The van der Waals surface area contributed by atoms with E-state index in [9.17, 15) is 4.79 Å². The van der Waals surface area contributed by atoms with Gasteiger partial charge < -0.3 is 19.2 Å². The zero-order chi connectivity index (χ0) is 17.1. The highest BCUT2D eigenvalue weighted by atomic mass is 32.1. The molecule has 3 aromatic rings. The monoisotopic (exact) mass is 356 g/mol. The average Bonchev–Trinajstić information content (AvgIpc) is 3.31. The molecule has 7 heteroatoms. The molecule has 0 atom stereocenters. The number of furan rings is 1. The van der Waals surface area contributed by atoms with Gasteiger partial charge in [0, 0.05) is 17.5 Å². The van der Waals surface area contributed by atoms with Crippen molar-refractivity contribution in [3.63, 3.8) is 0 Å². The molecule has 128 valence electrons. The van der Waals surface area contributed by atoms with Crippen LogP contribution in [0.4, 0.5) is 0 Å². The number of rotatable bonds is 5. The Bertz CT molecular complexity index is 873. The summed E-state index contributed by atoms with van der Waals surface area (Å²) in [5.74, 6) is 2.05. The van der Waals surface area contributed by atoms with Gasteiger partial charge in [-0.15, -0.1) is 11.3 Å². The number of carbonyl (C=O) groups is 1. The zero-order valence-electron chi connectivity index (χ0n) is 13.4. The number of carbonyl (C=O) groups excluding carboxylic acids is 1. The maximum absolute atomic E-state index is 12.2. The minimum atomic E-state index is -0.0920. The zero-order valence-corrected chi connectivity index (χ0v) is 14.2. The maximum atomic E-state index is 12.2. The van der Waals surface area contributed by atoms with Gasteiger partial charge in [0.1, 0.15) is 13.2 Å². The molecule has 0 saturated heterocycles. The standard InChI is InChI=1S/C18H16N2O4S/c21-16(9-13-11-25-18(20-13)15-5-2-6-22-15)19-10-12-3-1-4-14-17(12)24-8-7-23-14/h1-6,11H,7-10H2,(H,19,21). The van der Waals surface area contributed by atoms with Crippen LogP contribution in [0.5, 0.6) is 11.5 Å². The Morgan fingerprint density at radius 3 is 3.00 bits per heavy atom. The Labute approximate surface area is 148 Å². The molecular formula is C18H16N2O4S. The summed E-state index contributed by atoms with van der Waals surface area (Å²) in [6.45, 7) is 1.46. The Balaban J connectivity index is 1.37. The van der Waals surface area contributed by atoms with E-state index in [-0.39, 0.29) is 12.3 Å². The van der Waals surface area contributed by atoms with E-state index in [4.69, 9.17) is 13.9 Å². The van der Waals surface area contributed by atoms with Gasteiger partial charge in [0.2, 0.25) is 5.91 Å². The largest absolute Gasteiger partial charge is 0.486 e. The summed E-state index contributed by atoms with van der Waals surface area (Å²) in [6.07, 6.45) is 1.83. The van der Waals surface area contributed by atoms with E-state index < -0.39 is 0 Å². The van der Waals surface area contributed by atoms with E-state index in [0.29, 0.717) is 31.3 Å². The Kier molecular flexibility index (Phi) is 4.39. The molecule has 0 unspecified atom stereocenters. The molecular weight excluding hydrogens is 340 g/mol. The molecule has 0 fully saturated rings. The molecule has 0 saturated carbocycles. The van der Waals surface area contributed by atoms with E-state index in [1.165, 1.54) is 11.3 Å². The second-order valence-corrected chi connectivity index (χ2v) is 6.37. The van der Waals surface area contributed by atoms with Crippen LogP contribution >= 0.6 is 11.3 Å². The first kappa shape index (κ1) is 15.7. The molecule has 0 bridgehead atoms. The minimum Gasteiger partial charge on any atom is -0.486 e. The summed E-state index contributed by atoms with van der Waals surface area (Å²) in [4.78, 5) is 16.6. The minimum absolute atomic E-state index is 0.0920. The average molecular weight is 356 g/mol. The molecule has 0 radical (unpaired) electrons. The number of thiazole rings is 1. The number of ether oxygens (including phenoxy) is 2. The fourth-order valence-corrected chi connectivity index (χ4v) is 3.38. The summed E-state index contributed by atoms with van der Waals surface area (Å²) in [7, 11) is 0. The van der Waals surface area contributed by atoms with Gasteiger partial charge >= 0.3 is 0 Å². The lowest BCUT2D eigenvalue weighted by Gasteiger charge is -2.21. The molecule has 0 spiro atoms. The number of aromatic nitrogens is 1. The molecule has 1 amide bonds. The van der Waals surface area contributed by atoms with E-state index in [0.717, 1.165) is 22.0 Å². The number of benzene rings is 1. The fourth-order valence-electron chi connectivity index (χ4n) is 2.60. The van der Waals surface area contributed by atoms with Crippen molar-refractivity contribution in [3.8, 4) is 22.3 Å². The topological polar surface area (TPSA) is 73.6 Å². The van der Waals surface area contributed by atoms with Crippen LogP contribution < -0.4 is 14.8 Å². The summed E-state index contributed by atoms with van der Waals surface area (Å²) < 4.78 is 16.5. The highest BCUT2D eigenvalue weighted by Gasteiger charge is 2.16. The van der Waals surface area contributed by atoms with Crippen LogP contribution in [-0.2, 0) is 17.8 Å². The number of para-hydroxylation sites is 1. The van der Waals surface area contributed by atoms with Crippen molar-refractivity contribution in [3.05, 3.63) is 53.2 Å². The first-order valence-corrected chi connectivity index (χ1v) is 8.80. The van der Waals surface area contributed by atoms with Crippen molar-refractivity contribution in [1.29, 1.82) is 0 Å². The van der Waals surface area contributed by atoms with Crippen LogP contribution in [0.3, 0.4) is 0 Å². The van der Waals surface area contributed by atoms with E-state index in [1.807, 2.05) is 35.7 Å². The molecule has 2 aromatic heterocycles. The van der Waals surface area contributed by atoms with Gasteiger partial charge in [0.05, 0.1) is 18.4 Å². The molecule has 25 heavy (non-hydrogen) atoms. The molecule has 1 N–H and O–H groups in total. The lowest BCUT2D eigenvalue weighted by molar-refractivity contribution is -0.120. The number of nitrogens with zero attached hydrogens (tertiary/aromatic N) is 1. The number of nitrogens with one attached hydrogen (secondary N) is 1. The van der Waals surface area contributed by atoms with Crippen molar-refractivity contribution in [2.24, 2.45) is 0 Å². The first-order valence-electron chi connectivity index (χ1n) is 7.92. The highest BCUT2D eigenvalue weighted by Crippen LogP contribution is 2.33. The van der Waals surface area contributed by atoms with E-state index >= 15 is 0 Å². The van der Waals surface area contributed by atoms with Gasteiger partial charge in [-0.2, -0.15) is 0 Å². The molecule has 0 aliphatic carbocycles. The predicted octanol–water partition coefficient (Wildman–Crippen LogP) is 3.03. The normalized spacial score (nSPS) is 12.8. The number of amides is 1. The van der Waals surface area contributed by atoms with Crippen LogP contribution in [0, 0.1) is 0 Å². The first-order chi connectivity index (χ1) is 12.3. The van der Waals surface area contributed by atoms with Gasteiger partial charge in [-0.05, 0) is 18.2 Å². The quantitative estimate of drug-likeness (QED) is 0.761. The lowest BCUT2D eigenvalue weighted by atomic mass is 10.1. The van der Waals surface area contributed by atoms with Gasteiger partial charge in [-0.3, -0.25) is 4.79 Å². The number of hydrogen-bond donors (Lipinski definition) is 1. The van der Waals surface area contributed by atoms with Crippen molar-refractivity contribution in [2.45, 2.75) is 13.0 Å². The third kappa shape index (κ3) is 3.51. The summed E-state index contributed by atoms with van der Waals surface area (Å²) >= 11 is 1.46.